The maximum atomic E-state index is 12.7. The van der Waals surface area contributed by atoms with E-state index in [1.165, 1.54) is 4.90 Å². The van der Waals surface area contributed by atoms with Crippen LogP contribution in [0.2, 0.25) is 0 Å². The molecule has 0 aromatic rings. The predicted octanol–water partition coefficient (Wildman–Crippen LogP) is 1.22. The van der Waals surface area contributed by atoms with E-state index in [2.05, 4.69) is 5.32 Å². The Kier molecular flexibility index (Phi) is 4.90. The molecule has 1 aliphatic heterocycles. The van der Waals surface area contributed by atoms with Gasteiger partial charge in [-0.05, 0) is 38.8 Å². The third kappa shape index (κ3) is 4.63. The van der Waals surface area contributed by atoms with Gasteiger partial charge in [0, 0.05) is 19.1 Å². The molecule has 0 aromatic heterocycles. The second kappa shape index (κ2) is 6.30. The lowest BCUT2D eigenvalue weighted by Gasteiger charge is -2.35. The molecule has 1 N–H and O–H groups in total. The van der Waals surface area contributed by atoms with E-state index < -0.39 is 12.7 Å². The highest BCUT2D eigenvalue weighted by Crippen LogP contribution is 2.26. The molecule has 0 unspecified atom stereocenters. The van der Waals surface area contributed by atoms with E-state index in [4.69, 9.17) is 0 Å². The number of likely N-dealkylation sites (N-methyl/N-ethyl adjacent to an activating group) is 1. The average Bonchev–Trinajstić information content (AvgIpc) is 3.20. The van der Waals surface area contributed by atoms with Gasteiger partial charge in [0.15, 0.2) is 0 Å². The van der Waals surface area contributed by atoms with Crippen molar-refractivity contribution in [3.05, 3.63) is 0 Å². The minimum atomic E-state index is -4.26. The van der Waals surface area contributed by atoms with E-state index in [0.717, 1.165) is 12.8 Å². The number of halogens is 3. The second-order valence-corrected chi connectivity index (χ2v) is 5.74. The van der Waals surface area contributed by atoms with Crippen LogP contribution in [-0.2, 0) is 4.79 Å². The molecule has 116 valence electrons. The summed E-state index contributed by atoms with van der Waals surface area (Å²) in [5.74, 6) is -0.199. The van der Waals surface area contributed by atoms with Gasteiger partial charge in [-0.3, -0.25) is 9.69 Å². The second-order valence-electron chi connectivity index (χ2n) is 5.74. The van der Waals surface area contributed by atoms with Gasteiger partial charge in [0.1, 0.15) is 0 Å². The van der Waals surface area contributed by atoms with Crippen molar-refractivity contribution in [1.29, 1.82) is 0 Å². The van der Waals surface area contributed by atoms with E-state index in [-0.39, 0.29) is 24.5 Å². The summed E-state index contributed by atoms with van der Waals surface area (Å²) in [6.45, 7) is 0.302. The number of carbonyl (C=O) groups excluding carboxylic acids is 1. The monoisotopic (exact) mass is 293 g/mol. The van der Waals surface area contributed by atoms with E-state index >= 15 is 0 Å². The molecular weight excluding hydrogens is 271 g/mol. The van der Waals surface area contributed by atoms with Crippen LogP contribution in [0.25, 0.3) is 0 Å². The molecule has 1 heterocycles. The average molecular weight is 293 g/mol. The van der Waals surface area contributed by atoms with E-state index in [1.807, 2.05) is 0 Å². The zero-order valence-electron chi connectivity index (χ0n) is 11.7. The van der Waals surface area contributed by atoms with Crippen molar-refractivity contribution < 1.29 is 18.0 Å². The van der Waals surface area contributed by atoms with E-state index in [0.29, 0.717) is 25.9 Å². The fourth-order valence-corrected chi connectivity index (χ4v) is 2.67. The zero-order chi connectivity index (χ0) is 14.8. The van der Waals surface area contributed by atoms with Gasteiger partial charge in [-0.15, -0.1) is 0 Å². The fourth-order valence-electron chi connectivity index (χ4n) is 2.67. The molecular formula is C13H22F3N3O. The highest BCUT2D eigenvalue weighted by Gasteiger charge is 2.37. The molecule has 0 aromatic carbocycles. The molecule has 1 amide bonds. The van der Waals surface area contributed by atoms with Crippen LogP contribution in [0.4, 0.5) is 13.2 Å². The first-order chi connectivity index (χ1) is 9.37. The summed E-state index contributed by atoms with van der Waals surface area (Å²) in [7, 11) is 1.69. The largest absolute Gasteiger partial charge is 0.401 e. The van der Waals surface area contributed by atoms with E-state index in [1.54, 1.807) is 11.9 Å². The van der Waals surface area contributed by atoms with Crippen molar-refractivity contribution >= 4 is 5.91 Å². The van der Waals surface area contributed by atoms with Crippen LogP contribution in [0.3, 0.4) is 0 Å². The molecule has 7 heteroatoms. The maximum Gasteiger partial charge on any atom is 0.401 e. The van der Waals surface area contributed by atoms with Crippen molar-refractivity contribution in [2.75, 3.05) is 33.2 Å². The summed E-state index contributed by atoms with van der Waals surface area (Å²) < 4.78 is 38.1. The van der Waals surface area contributed by atoms with Crippen LogP contribution < -0.4 is 5.32 Å². The first-order valence-electron chi connectivity index (χ1n) is 7.14. The quantitative estimate of drug-likeness (QED) is 0.828. The molecule has 0 spiro atoms. The number of rotatable bonds is 5. The molecule has 0 radical (unpaired) electrons. The number of hydrogen-bond acceptors (Lipinski definition) is 3. The Hall–Kier alpha value is -0.820. The molecule has 1 saturated heterocycles. The summed E-state index contributed by atoms with van der Waals surface area (Å²) >= 11 is 0. The van der Waals surface area contributed by atoms with Gasteiger partial charge in [0.2, 0.25) is 5.91 Å². The van der Waals surface area contributed by atoms with Gasteiger partial charge in [0.05, 0.1) is 13.1 Å². The minimum absolute atomic E-state index is 0.128. The predicted molar refractivity (Wildman–Crippen MR) is 69.3 cm³/mol. The first-order valence-corrected chi connectivity index (χ1v) is 7.14. The Morgan fingerprint density at radius 3 is 2.25 bits per heavy atom. The molecule has 20 heavy (non-hydrogen) atoms. The van der Waals surface area contributed by atoms with Crippen LogP contribution in [0.5, 0.6) is 0 Å². The van der Waals surface area contributed by atoms with Gasteiger partial charge in [-0.1, -0.05) is 0 Å². The smallest absolute Gasteiger partial charge is 0.342 e. The van der Waals surface area contributed by atoms with Gasteiger partial charge < -0.3 is 10.2 Å². The summed E-state index contributed by atoms with van der Waals surface area (Å²) in [6.07, 6.45) is -1.000. The number of nitrogens with zero attached hydrogens (tertiary/aromatic N) is 2. The normalized spacial score (nSPS) is 21.2. The number of hydrogen-bond donors (Lipinski definition) is 1. The number of carbonyl (C=O) groups is 1. The SMILES string of the molecule is CN(C(=O)CN(CC(F)(F)F)C1CCNCC1)C1CC1. The molecule has 1 saturated carbocycles. The summed E-state index contributed by atoms with van der Waals surface area (Å²) in [6, 6.07) is 0.0812. The topological polar surface area (TPSA) is 35.6 Å². The Bertz CT molecular complexity index is 338. The van der Waals surface area contributed by atoms with Crippen molar-refractivity contribution in [3.63, 3.8) is 0 Å². The van der Waals surface area contributed by atoms with Crippen LogP contribution in [0, 0.1) is 0 Å². The molecule has 2 rings (SSSR count). The molecule has 1 aliphatic carbocycles. The lowest BCUT2D eigenvalue weighted by Crippen LogP contribution is -2.50. The molecule has 2 fully saturated rings. The number of nitrogens with one attached hydrogen (secondary N) is 1. The van der Waals surface area contributed by atoms with Crippen LogP contribution in [0.15, 0.2) is 0 Å². The number of piperidine rings is 1. The highest BCUT2D eigenvalue weighted by atomic mass is 19.4. The highest BCUT2D eigenvalue weighted by molar-refractivity contribution is 5.78. The van der Waals surface area contributed by atoms with Crippen molar-refractivity contribution in [1.82, 2.24) is 15.1 Å². The Balaban J connectivity index is 1.95. The molecule has 2 aliphatic rings. The number of amides is 1. The standard InChI is InChI=1S/C13H22F3N3O/c1-18(10-2-3-10)12(20)8-19(9-13(14,15)16)11-4-6-17-7-5-11/h10-11,17H,2-9H2,1H3. The minimum Gasteiger partial charge on any atom is -0.342 e. The molecule has 0 bridgehead atoms. The Morgan fingerprint density at radius 1 is 1.15 bits per heavy atom. The van der Waals surface area contributed by atoms with Gasteiger partial charge in [0.25, 0.3) is 0 Å². The van der Waals surface area contributed by atoms with Gasteiger partial charge in [-0.2, -0.15) is 13.2 Å². The van der Waals surface area contributed by atoms with Crippen LogP contribution in [0.1, 0.15) is 25.7 Å². The van der Waals surface area contributed by atoms with Gasteiger partial charge >= 0.3 is 6.18 Å². The van der Waals surface area contributed by atoms with Crippen molar-refractivity contribution in [3.8, 4) is 0 Å². The Labute approximate surface area is 117 Å². The Morgan fingerprint density at radius 2 is 1.75 bits per heavy atom. The third-order valence-electron chi connectivity index (χ3n) is 4.03. The summed E-state index contributed by atoms with van der Waals surface area (Å²) in [5.41, 5.74) is 0. The van der Waals surface area contributed by atoms with Crippen LogP contribution in [-0.4, -0.2) is 67.2 Å². The third-order valence-corrected chi connectivity index (χ3v) is 4.03. The maximum absolute atomic E-state index is 12.7. The number of alkyl halides is 3. The van der Waals surface area contributed by atoms with E-state index in [9.17, 15) is 18.0 Å². The van der Waals surface area contributed by atoms with Crippen molar-refractivity contribution in [2.45, 2.75) is 43.9 Å². The zero-order valence-corrected chi connectivity index (χ0v) is 11.7. The lowest BCUT2D eigenvalue weighted by molar-refractivity contribution is -0.156. The summed E-state index contributed by atoms with van der Waals surface area (Å²) in [5, 5.41) is 3.13. The molecule has 4 nitrogen and oxygen atoms in total. The van der Waals surface area contributed by atoms with Gasteiger partial charge in [-0.25, -0.2) is 0 Å². The molecule has 0 atom stereocenters. The fraction of sp³-hybridized carbons (Fsp3) is 0.923. The lowest BCUT2D eigenvalue weighted by atomic mass is 10.0. The van der Waals surface area contributed by atoms with Crippen LogP contribution >= 0.6 is 0 Å². The van der Waals surface area contributed by atoms with Crippen molar-refractivity contribution in [2.24, 2.45) is 0 Å². The summed E-state index contributed by atoms with van der Waals surface area (Å²) in [4.78, 5) is 15.0. The first kappa shape index (κ1) is 15.6.